The van der Waals surface area contributed by atoms with Crippen molar-refractivity contribution in [1.29, 1.82) is 0 Å². The zero-order chi connectivity index (χ0) is 10.4. The van der Waals surface area contributed by atoms with Gasteiger partial charge in [-0.25, -0.2) is 0 Å². The number of methoxy groups -OCH3 is 1. The summed E-state index contributed by atoms with van der Waals surface area (Å²) in [4.78, 5) is 10.1. The first-order valence-corrected chi connectivity index (χ1v) is 4.23. The molecule has 76 valence electrons. The van der Waals surface area contributed by atoms with Gasteiger partial charge in [0.1, 0.15) is 5.75 Å². The van der Waals surface area contributed by atoms with Crippen molar-refractivity contribution in [3.05, 3.63) is 18.2 Å². The van der Waals surface area contributed by atoms with E-state index in [2.05, 4.69) is 0 Å². The Morgan fingerprint density at radius 1 is 1.36 bits per heavy atom. The van der Waals surface area contributed by atoms with Crippen LogP contribution in [0.2, 0.25) is 0 Å². The lowest BCUT2D eigenvalue weighted by Gasteiger charge is -2.08. The summed E-state index contributed by atoms with van der Waals surface area (Å²) in [5.74, 6) is 1.54. The molecule has 0 aliphatic rings. The van der Waals surface area contributed by atoms with Gasteiger partial charge in [0.2, 0.25) is 0 Å². The molecule has 0 heterocycles. The second-order valence-electron chi connectivity index (χ2n) is 2.46. The van der Waals surface area contributed by atoms with Crippen LogP contribution >= 0.6 is 0 Å². The predicted molar refractivity (Wildman–Crippen MR) is 50.9 cm³/mol. The monoisotopic (exact) mass is 196 g/mol. The van der Waals surface area contributed by atoms with Gasteiger partial charge in [-0.2, -0.15) is 0 Å². The number of carbonyl (C=O) groups is 1. The average Bonchev–Trinajstić information content (AvgIpc) is 2.21. The van der Waals surface area contributed by atoms with Crippen LogP contribution in [0.15, 0.2) is 18.2 Å². The summed E-state index contributed by atoms with van der Waals surface area (Å²) in [5, 5.41) is 0. The maximum atomic E-state index is 10.1. The van der Waals surface area contributed by atoms with Crippen LogP contribution in [0.25, 0.3) is 0 Å². The predicted octanol–water partition coefficient (Wildman–Crippen LogP) is 1.63. The van der Waals surface area contributed by atoms with Gasteiger partial charge in [0.05, 0.1) is 13.7 Å². The van der Waals surface area contributed by atoms with E-state index in [1.165, 1.54) is 7.11 Å². The van der Waals surface area contributed by atoms with E-state index in [-0.39, 0.29) is 0 Å². The lowest BCUT2D eigenvalue weighted by molar-refractivity contribution is -0.120. The Labute approximate surface area is 82.4 Å². The zero-order valence-electron chi connectivity index (χ0n) is 8.15. The lowest BCUT2D eigenvalue weighted by atomic mass is 10.3. The van der Waals surface area contributed by atoms with Gasteiger partial charge in [-0.3, -0.25) is 4.79 Å². The first-order chi connectivity index (χ1) is 6.81. The van der Waals surface area contributed by atoms with Crippen molar-refractivity contribution in [2.75, 3.05) is 13.7 Å². The largest absolute Gasteiger partial charge is 0.494 e. The van der Waals surface area contributed by atoms with E-state index in [1.54, 1.807) is 18.2 Å². The van der Waals surface area contributed by atoms with Crippen LogP contribution in [-0.2, 0) is 4.79 Å². The van der Waals surface area contributed by atoms with Gasteiger partial charge in [0.25, 0.3) is 6.47 Å². The van der Waals surface area contributed by atoms with Gasteiger partial charge in [0, 0.05) is 6.07 Å². The van der Waals surface area contributed by atoms with Crippen molar-refractivity contribution in [2.45, 2.75) is 6.92 Å². The zero-order valence-corrected chi connectivity index (χ0v) is 8.15. The molecule has 1 aromatic carbocycles. The summed E-state index contributed by atoms with van der Waals surface area (Å²) in [6.45, 7) is 2.83. The molecule has 0 amide bonds. The first kappa shape index (κ1) is 10.4. The third-order valence-corrected chi connectivity index (χ3v) is 1.62. The fourth-order valence-corrected chi connectivity index (χ4v) is 1.05. The van der Waals surface area contributed by atoms with Crippen molar-refractivity contribution in [3.8, 4) is 17.2 Å². The molecule has 0 bridgehead atoms. The number of benzene rings is 1. The SMILES string of the molecule is CCOc1ccc(OC=O)c(OC)c1. The van der Waals surface area contributed by atoms with Crippen LogP contribution in [0.3, 0.4) is 0 Å². The Morgan fingerprint density at radius 3 is 2.71 bits per heavy atom. The minimum atomic E-state index is 0.359. The van der Waals surface area contributed by atoms with E-state index in [0.29, 0.717) is 30.3 Å². The normalized spacial score (nSPS) is 9.29. The van der Waals surface area contributed by atoms with Gasteiger partial charge >= 0.3 is 0 Å². The van der Waals surface area contributed by atoms with E-state index >= 15 is 0 Å². The molecule has 1 rings (SSSR count). The van der Waals surface area contributed by atoms with Crippen LogP contribution in [-0.4, -0.2) is 20.2 Å². The van der Waals surface area contributed by atoms with Gasteiger partial charge in [-0.1, -0.05) is 0 Å². The molecule has 0 atom stereocenters. The smallest absolute Gasteiger partial charge is 0.298 e. The van der Waals surface area contributed by atoms with E-state index in [9.17, 15) is 4.79 Å². The molecule has 0 aliphatic heterocycles. The van der Waals surface area contributed by atoms with Crippen molar-refractivity contribution in [2.24, 2.45) is 0 Å². The second kappa shape index (κ2) is 5.11. The van der Waals surface area contributed by atoms with Crippen molar-refractivity contribution >= 4 is 6.47 Å². The molecule has 0 saturated carbocycles. The molecule has 0 fully saturated rings. The molecule has 14 heavy (non-hydrogen) atoms. The fraction of sp³-hybridized carbons (Fsp3) is 0.300. The number of hydrogen-bond acceptors (Lipinski definition) is 4. The summed E-state index contributed by atoms with van der Waals surface area (Å²) in [5.41, 5.74) is 0. The highest BCUT2D eigenvalue weighted by molar-refractivity contribution is 5.53. The summed E-state index contributed by atoms with van der Waals surface area (Å²) < 4.78 is 15.0. The maximum absolute atomic E-state index is 10.1. The highest BCUT2D eigenvalue weighted by Crippen LogP contribution is 2.30. The average molecular weight is 196 g/mol. The van der Waals surface area contributed by atoms with E-state index in [4.69, 9.17) is 14.2 Å². The number of ether oxygens (including phenoxy) is 3. The molecule has 0 saturated heterocycles. The fourth-order valence-electron chi connectivity index (χ4n) is 1.05. The van der Waals surface area contributed by atoms with E-state index < -0.39 is 0 Å². The molecule has 0 N–H and O–H groups in total. The quantitative estimate of drug-likeness (QED) is 0.671. The van der Waals surface area contributed by atoms with Crippen molar-refractivity contribution < 1.29 is 19.0 Å². The Bertz CT molecular complexity index is 309. The molecule has 4 nitrogen and oxygen atoms in total. The molecule has 0 aliphatic carbocycles. The molecule has 0 radical (unpaired) electrons. The van der Waals surface area contributed by atoms with Crippen LogP contribution < -0.4 is 14.2 Å². The molecule has 0 spiro atoms. The number of rotatable bonds is 5. The Hall–Kier alpha value is -1.71. The second-order valence-corrected chi connectivity index (χ2v) is 2.46. The Morgan fingerprint density at radius 2 is 2.14 bits per heavy atom. The van der Waals surface area contributed by atoms with Gasteiger partial charge < -0.3 is 14.2 Å². The molecule has 0 aromatic heterocycles. The summed E-state index contributed by atoms with van der Waals surface area (Å²) in [7, 11) is 1.50. The highest BCUT2D eigenvalue weighted by atomic mass is 16.5. The number of hydrogen-bond donors (Lipinski definition) is 0. The van der Waals surface area contributed by atoms with E-state index in [1.807, 2.05) is 6.92 Å². The van der Waals surface area contributed by atoms with Crippen LogP contribution in [0, 0.1) is 0 Å². The van der Waals surface area contributed by atoms with Gasteiger partial charge in [-0.15, -0.1) is 0 Å². The topological polar surface area (TPSA) is 44.8 Å². The Kier molecular flexibility index (Phi) is 3.79. The summed E-state index contributed by atoms with van der Waals surface area (Å²) >= 11 is 0. The summed E-state index contributed by atoms with van der Waals surface area (Å²) in [6, 6.07) is 5.01. The van der Waals surface area contributed by atoms with Crippen LogP contribution in [0.5, 0.6) is 17.2 Å². The molecular weight excluding hydrogens is 184 g/mol. The minimum Gasteiger partial charge on any atom is -0.494 e. The molecule has 1 aromatic rings. The lowest BCUT2D eigenvalue weighted by Crippen LogP contribution is -1.96. The third kappa shape index (κ3) is 2.39. The molecule has 4 heteroatoms. The highest BCUT2D eigenvalue weighted by Gasteiger charge is 2.05. The summed E-state index contributed by atoms with van der Waals surface area (Å²) in [6.07, 6.45) is 0. The Balaban J connectivity index is 2.92. The van der Waals surface area contributed by atoms with Crippen LogP contribution in [0.4, 0.5) is 0 Å². The molecular formula is C10H12O4. The van der Waals surface area contributed by atoms with Gasteiger partial charge in [0.15, 0.2) is 11.5 Å². The first-order valence-electron chi connectivity index (χ1n) is 4.23. The minimum absolute atomic E-state index is 0.359. The standard InChI is InChI=1S/C10H12O4/c1-3-13-8-4-5-9(14-7-11)10(6-8)12-2/h4-7H,3H2,1-2H3. The maximum Gasteiger partial charge on any atom is 0.298 e. The van der Waals surface area contributed by atoms with Crippen LogP contribution in [0.1, 0.15) is 6.92 Å². The van der Waals surface area contributed by atoms with Crippen molar-refractivity contribution in [1.82, 2.24) is 0 Å². The number of carbonyl (C=O) groups excluding carboxylic acids is 1. The molecule has 0 unspecified atom stereocenters. The van der Waals surface area contributed by atoms with E-state index in [0.717, 1.165) is 0 Å². The third-order valence-electron chi connectivity index (χ3n) is 1.62. The van der Waals surface area contributed by atoms with Crippen molar-refractivity contribution in [3.63, 3.8) is 0 Å². The van der Waals surface area contributed by atoms with Gasteiger partial charge in [-0.05, 0) is 19.1 Å².